The first kappa shape index (κ1) is 15.0. The Morgan fingerprint density at radius 2 is 2.11 bits per heavy atom. The fourth-order valence-corrected chi connectivity index (χ4v) is 7.86. The van der Waals surface area contributed by atoms with Crippen molar-refractivity contribution >= 4 is 17.4 Å². The average Bonchev–Trinajstić information content (AvgIpc) is 2.30. The minimum atomic E-state index is -1.73. The van der Waals surface area contributed by atoms with E-state index in [0.717, 1.165) is 11.6 Å². The van der Waals surface area contributed by atoms with E-state index in [1.165, 1.54) is 0 Å². The number of ether oxygens (including phenoxy) is 1. The Balaban J connectivity index is 2.80. The van der Waals surface area contributed by atoms with Crippen LogP contribution < -0.4 is 4.74 Å². The number of rotatable bonds is 6. The third-order valence-corrected chi connectivity index (χ3v) is 8.67. The molecular formula is C13H22O3Si2. The van der Waals surface area contributed by atoms with Crippen LogP contribution in [0.1, 0.15) is 5.56 Å². The van der Waals surface area contributed by atoms with E-state index in [-0.39, 0.29) is 5.75 Å². The van der Waals surface area contributed by atoms with E-state index >= 15 is 0 Å². The van der Waals surface area contributed by atoms with Crippen LogP contribution in [0.3, 0.4) is 0 Å². The SMILES string of the molecule is C=C[SiH](C)O[Si](C)(C)Cc1ccc(O)c(OC)c1. The van der Waals surface area contributed by atoms with Crippen molar-refractivity contribution in [1.82, 2.24) is 0 Å². The molecule has 1 rings (SSSR count). The fourth-order valence-electron chi connectivity index (χ4n) is 1.92. The normalized spacial score (nSPS) is 13.1. The number of phenolic OH excluding ortho intramolecular Hbond substituents is 1. The van der Waals surface area contributed by atoms with Gasteiger partial charge < -0.3 is 14.0 Å². The molecule has 0 spiro atoms. The van der Waals surface area contributed by atoms with Crippen molar-refractivity contribution in [2.24, 2.45) is 0 Å². The summed E-state index contributed by atoms with van der Waals surface area (Å²) in [5.41, 5.74) is 3.10. The molecule has 0 aromatic heterocycles. The van der Waals surface area contributed by atoms with Gasteiger partial charge in [-0.05, 0) is 43.4 Å². The van der Waals surface area contributed by atoms with Gasteiger partial charge in [0.2, 0.25) is 0 Å². The van der Waals surface area contributed by atoms with Crippen LogP contribution in [0.15, 0.2) is 30.5 Å². The van der Waals surface area contributed by atoms with Crippen molar-refractivity contribution in [3.8, 4) is 11.5 Å². The Hall–Kier alpha value is -1.05. The third kappa shape index (κ3) is 4.32. The first-order valence-corrected chi connectivity index (χ1v) is 11.4. The molecule has 3 nitrogen and oxygen atoms in total. The van der Waals surface area contributed by atoms with Gasteiger partial charge in [0.25, 0.3) is 0 Å². The fraction of sp³-hybridized carbons (Fsp3) is 0.385. The zero-order valence-corrected chi connectivity index (χ0v) is 13.7. The highest BCUT2D eigenvalue weighted by molar-refractivity contribution is 6.78. The Bertz CT molecular complexity index is 419. The number of methoxy groups -OCH3 is 1. The van der Waals surface area contributed by atoms with Crippen LogP contribution >= 0.6 is 0 Å². The van der Waals surface area contributed by atoms with Gasteiger partial charge >= 0.3 is 0 Å². The molecule has 0 saturated carbocycles. The van der Waals surface area contributed by atoms with Crippen LogP contribution in [0.25, 0.3) is 0 Å². The minimum Gasteiger partial charge on any atom is -0.504 e. The van der Waals surface area contributed by atoms with Crippen molar-refractivity contribution in [3.05, 3.63) is 36.0 Å². The largest absolute Gasteiger partial charge is 0.504 e. The summed E-state index contributed by atoms with van der Waals surface area (Å²) in [5.74, 6) is 0.696. The molecular weight excluding hydrogens is 260 g/mol. The molecule has 0 amide bonds. The lowest BCUT2D eigenvalue weighted by Gasteiger charge is -2.26. The molecule has 1 aromatic carbocycles. The molecule has 18 heavy (non-hydrogen) atoms. The molecule has 0 bridgehead atoms. The smallest absolute Gasteiger partial charge is 0.184 e. The number of aromatic hydroxyl groups is 1. The molecule has 0 heterocycles. The zero-order chi connectivity index (χ0) is 13.8. The van der Waals surface area contributed by atoms with Crippen LogP contribution in [0.4, 0.5) is 0 Å². The Morgan fingerprint density at radius 1 is 1.44 bits per heavy atom. The van der Waals surface area contributed by atoms with E-state index in [4.69, 9.17) is 8.85 Å². The Morgan fingerprint density at radius 3 is 2.67 bits per heavy atom. The lowest BCUT2D eigenvalue weighted by molar-refractivity contribution is 0.373. The standard InChI is InChI=1S/C13H22O3Si2/c1-6-17(3)16-18(4,5)10-11-7-8-12(14)13(9-11)15-2/h6-9,14,17H,1,10H2,2-5H3. The molecule has 0 fully saturated rings. The summed E-state index contributed by atoms with van der Waals surface area (Å²) in [6.07, 6.45) is 0. The zero-order valence-electron chi connectivity index (χ0n) is 11.6. The Labute approximate surface area is 112 Å². The number of hydrogen-bond donors (Lipinski definition) is 1. The predicted molar refractivity (Wildman–Crippen MR) is 80.1 cm³/mol. The van der Waals surface area contributed by atoms with E-state index in [1.807, 2.05) is 17.8 Å². The van der Waals surface area contributed by atoms with Gasteiger partial charge in [-0.1, -0.05) is 11.8 Å². The summed E-state index contributed by atoms with van der Waals surface area (Å²) in [6, 6.07) is 6.39. The van der Waals surface area contributed by atoms with E-state index in [1.54, 1.807) is 13.2 Å². The molecule has 1 unspecified atom stereocenters. The van der Waals surface area contributed by atoms with Crippen LogP contribution in [-0.2, 0) is 10.2 Å². The van der Waals surface area contributed by atoms with Crippen LogP contribution in [0.5, 0.6) is 11.5 Å². The maximum Gasteiger partial charge on any atom is 0.184 e. The van der Waals surface area contributed by atoms with Gasteiger partial charge in [0.1, 0.15) is 0 Å². The quantitative estimate of drug-likeness (QED) is 0.816. The van der Waals surface area contributed by atoms with E-state index < -0.39 is 17.4 Å². The van der Waals surface area contributed by atoms with Crippen molar-refractivity contribution < 1.29 is 14.0 Å². The number of phenols is 1. The second kappa shape index (κ2) is 6.22. The lowest BCUT2D eigenvalue weighted by Crippen LogP contribution is -2.38. The van der Waals surface area contributed by atoms with E-state index in [0.29, 0.717) is 5.75 Å². The van der Waals surface area contributed by atoms with Gasteiger partial charge in [-0.2, -0.15) is 0 Å². The highest BCUT2D eigenvalue weighted by Gasteiger charge is 2.25. The van der Waals surface area contributed by atoms with Crippen molar-refractivity contribution in [1.29, 1.82) is 0 Å². The molecule has 1 atom stereocenters. The van der Waals surface area contributed by atoms with Crippen LogP contribution in [0.2, 0.25) is 19.6 Å². The lowest BCUT2D eigenvalue weighted by atomic mass is 10.2. The highest BCUT2D eigenvalue weighted by atomic mass is 28.4. The van der Waals surface area contributed by atoms with Gasteiger partial charge in [-0.25, -0.2) is 0 Å². The predicted octanol–water partition coefficient (Wildman–Crippen LogP) is 2.78. The first-order chi connectivity index (χ1) is 8.38. The molecule has 0 radical (unpaired) electrons. The molecule has 1 N–H and O–H groups in total. The summed E-state index contributed by atoms with van der Waals surface area (Å²) < 4.78 is 11.3. The summed E-state index contributed by atoms with van der Waals surface area (Å²) in [7, 11) is -1.40. The van der Waals surface area contributed by atoms with Crippen molar-refractivity contribution in [3.63, 3.8) is 0 Å². The van der Waals surface area contributed by atoms with Crippen molar-refractivity contribution in [2.45, 2.75) is 25.7 Å². The van der Waals surface area contributed by atoms with E-state index in [2.05, 4.69) is 26.2 Å². The molecule has 1 aromatic rings. The monoisotopic (exact) mass is 282 g/mol. The van der Waals surface area contributed by atoms with Gasteiger partial charge in [-0.3, -0.25) is 0 Å². The summed E-state index contributed by atoms with van der Waals surface area (Å²) in [5, 5.41) is 9.57. The van der Waals surface area contributed by atoms with Gasteiger partial charge in [0.05, 0.1) is 7.11 Å². The maximum atomic E-state index is 9.57. The average molecular weight is 282 g/mol. The highest BCUT2D eigenvalue weighted by Crippen LogP contribution is 2.28. The summed E-state index contributed by atoms with van der Waals surface area (Å²) in [6.45, 7) is 10.4. The topological polar surface area (TPSA) is 38.7 Å². The third-order valence-electron chi connectivity index (χ3n) is 2.71. The van der Waals surface area contributed by atoms with E-state index in [9.17, 15) is 5.11 Å². The number of hydrogen-bond acceptors (Lipinski definition) is 3. The molecule has 100 valence electrons. The first-order valence-electron chi connectivity index (χ1n) is 6.04. The Kier molecular flexibility index (Phi) is 5.19. The number of benzene rings is 1. The maximum absolute atomic E-state index is 9.57. The molecule has 0 aliphatic carbocycles. The molecule has 0 saturated heterocycles. The van der Waals surface area contributed by atoms with Gasteiger partial charge in [-0.15, -0.1) is 6.58 Å². The molecule has 5 heteroatoms. The van der Waals surface area contributed by atoms with Crippen LogP contribution in [-0.4, -0.2) is 29.6 Å². The second-order valence-corrected chi connectivity index (χ2v) is 11.7. The molecule has 0 aliphatic rings. The van der Waals surface area contributed by atoms with Crippen molar-refractivity contribution in [2.75, 3.05) is 7.11 Å². The van der Waals surface area contributed by atoms with Gasteiger partial charge in [0, 0.05) is 0 Å². The summed E-state index contributed by atoms with van der Waals surface area (Å²) in [4.78, 5) is 0. The summed E-state index contributed by atoms with van der Waals surface area (Å²) >= 11 is 0. The van der Waals surface area contributed by atoms with Gasteiger partial charge in [0.15, 0.2) is 28.9 Å². The van der Waals surface area contributed by atoms with Crippen LogP contribution in [0, 0.1) is 0 Å². The molecule has 0 aliphatic heterocycles. The second-order valence-electron chi connectivity index (χ2n) is 5.00. The minimum absolute atomic E-state index is 0.176.